The summed E-state index contributed by atoms with van der Waals surface area (Å²) in [5.74, 6) is 0.132. The molecule has 3 rings (SSSR count). The maximum Gasteiger partial charge on any atom is 0.280 e. The van der Waals surface area contributed by atoms with Crippen molar-refractivity contribution < 1.29 is 14.9 Å². The Morgan fingerprint density at radius 2 is 2.29 bits per heavy atom. The molecule has 24 heavy (non-hydrogen) atoms. The number of imidazole rings is 1. The van der Waals surface area contributed by atoms with E-state index in [1.807, 2.05) is 0 Å². The lowest BCUT2D eigenvalue weighted by Crippen LogP contribution is -2.24. The summed E-state index contributed by atoms with van der Waals surface area (Å²) < 4.78 is 7.54. The molecule has 2 aromatic rings. The van der Waals surface area contributed by atoms with E-state index in [2.05, 4.69) is 35.9 Å². The van der Waals surface area contributed by atoms with Crippen molar-refractivity contribution in [3.8, 4) is 0 Å². The highest BCUT2D eigenvalue weighted by Gasteiger charge is 2.36. The quantitative estimate of drug-likeness (QED) is 0.366. The Morgan fingerprint density at radius 1 is 1.54 bits per heavy atom. The minimum atomic E-state index is -0.808. The monoisotopic (exact) mass is 400 g/mol. The number of nitrogens with zero attached hydrogens (tertiary/aromatic N) is 5. The molecule has 3 atom stereocenters. The Morgan fingerprint density at radius 3 is 2.92 bits per heavy atom. The summed E-state index contributed by atoms with van der Waals surface area (Å²) in [4.78, 5) is 29.0. The molecule has 10 nitrogen and oxygen atoms in total. The number of ether oxygens (including phenoxy) is 1. The Hall–Kier alpha value is -1.82. The largest absolute Gasteiger partial charge is 0.394 e. The molecule has 0 saturated carbocycles. The van der Waals surface area contributed by atoms with Crippen molar-refractivity contribution in [3.63, 3.8) is 0 Å². The summed E-state index contributed by atoms with van der Waals surface area (Å²) in [5.41, 5.74) is -0.00820. The molecular formula is C13H17BrN6O4. The number of aromatic amines is 1. The number of fused-ring (bicyclic) bond motifs is 1. The maximum absolute atomic E-state index is 12.2. The van der Waals surface area contributed by atoms with Crippen LogP contribution in [-0.2, 0) is 4.74 Å². The third kappa shape index (κ3) is 3.07. The zero-order valence-electron chi connectivity index (χ0n) is 13.0. The second-order valence-electron chi connectivity index (χ2n) is 5.64. The first kappa shape index (κ1) is 17.0. The van der Waals surface area contributed by atoms with Gasteiger partial charge in [-0.1, -0.05) is 0 Å². The molecule has 0 aromatic carbocycles. The molecule has 0 amide bonds. The van der Waals surface area contributed by atoms with Gasteiger partial charge in [-0.2, -0.15) is 4.98 Å². The number of aliphatic hydroxyl groups is 2. The van der Waals surface area contributed by atoms with Crippen LogP contribution in [0.2, 0.25) is 0 Å². The Bertz CT molecular complexity index is 832. The van der Waals surface area contributed by atoms with E-state index in [4.69, 9.17) is 4.74 Å². The predicted molar refractivity (Wildman–Crippen MR) is 89.3 cm³/mol. The van der Waals surface area contributed by atoms with Crippen LogP contribution in [0.4, 0.5) is 5.95 Å². The van der Waals surface area contributed by atoms with Gasteiger partial charge in [-0.05, 0) is 15.9 Å². The zero-order chi connectivity index (χ0) is 17.4. The van der Waals surface area contributed by atoms with E-state index >= 15 is 0 Å². The lowest BCUT2D eigenvalue weighted by Gasteiger charge is -2.14. The van der Waals surface area contributed by atoms with Gasteiger partial charge in [-0.25, -0.2) is 9.98 Å². The van der Waals surface area contributed by atoms with E-state index in [0.717, 1.165) is 0 Å². The number of nitrogens with one attached hydrogen (secondary N) is 1. The van der Waals surface area contributed by atoms with Crippen molar-refractivity contribution in [2.75, 3.05) is 20.7 Å². The number of hydrogen-bond acceptors (Lipinski definition) is 7. The van der Waals surface area contributed by atoms with Gasteiger partial charge in [0.05, 0.1) is 19.0 Å². The summed E-state index contributed by atoms with van der Waals surface area (Å²) in [6.07, 6.45) is -0.334. The number of hydrogen-bond donors (Lipinski definition) is 3. The fourth-order valence-corrected chi connectivity index (χ4v) is 3.04. The van der Waals surface area contributed by atoms with E-state index < -0.39 is 24.0 Å². The van der Waals surface area contributed by atoms with Gasteiger partial charge in [0, 0.05) is 20.5 Å². The number of halogens is 1. The Balaban J connectivity index is 2.08. The van der Waals surface area contributed by atoms with Gasteiger partial charge in [0.2, 0.25) is 5.95 Å². The summed E-state index contributed by atoms with van der Waals surface area (Å²) in [6.45, 7) is -0.297. The van der Waals surface area contributed by atoms with Crippen molar-refractivity contribution in [2.24, 2.45) is 4.99 Å². The topological polar surface area (TPSA) is 129 Å². The van der Waals surface area contributed by atoms with E-state index in [1.165, 1.54) is 6.34 Å². The Labute approximate surface area is 144 Å². The van der Waals surface area contributed by atoms with Crippen LogP contribution in [0.25, 0.3) is 11.2 Å². The smallest absolute Gasteiger partial charge is 0.280 e. The van der Waals surface area contributed by atoms with Gasteiger partial charge < -0.3 is 19.8 Å². The second-order valence-corrected chi connectivity index (χ2v) is 6.34. The molecule has 11 heteroatoms. The molecule has 1 saturated heterocycles. The van der Waals surface area contributed by atoms with Crippen LogP contribution < -0.4 is 5.56 Å². The highest BCUT2D eigenvalue weighted by atomic mass is 79.9. The molecule has 0 aliphatic carbocycles. The third-order valence-electron chi connectivity index (χ3n) is 3.58. The number of H-pyrrole nitrogens is 1. The van der Waals surface area contributed by atoms with Crippen LogP contribution in [0, 0.1) is 0 Å². The third-order valence-corrected chi connectivity index (χ3v) is 4.14. The van der Waals surface area contributed by atoms with E-state index in [9.17, 15) is 15.0 Å². The van der Waals surface area contributed by atoms with Crippen LogP contribution in [-0.4, -0.2) is 73.9 Å². The second kappa shape index (κ2) is 6.59. The fourth-order valence-electron chi connectivity index (χ4n) is 2.47. The normalized spacial score (nSPS) is 24.3. The summed E-state index contributed by atoms with van der Waals surface area (Å²) in [5, 5.41) is 19.2. The molecule has 0 spiro atoms. The van der Waals surface area contributed by atoms with Crippen molar-refractivity contribution in [1.29, 1.82) is 0 Å². The lowest BCUT2D eigenvalue weighted by atomic mass is 10.2. The number of aromatic nitrogens is 4. The molecule has 1 aliphatic rings. The fraction of sp³-hybridized carbons (Fsp3) is 0.538. The molecule has 1 aliphatic heterocycles. The molecule has 0 radical (unpaired) electrons. The predicted octanol–water partition coefficient (Wildman–Crippen LogP) is -0.256. The SMILES string of the molecule is CN(C)/C=N/c1nc2c(nc(Br)n2C2CC(O)C(CO)O2)c(=O)[nH]1. The van der Waals surface area contributed by atoms with Crippen molar-refractivity contribution in [2.45, 2.75) is 24.9 Å². The molecule has 1 fully saturated rings. The molecule has 3 N–H and O–H groups in total. The van der Waals surface area contributed by atoms with E-state index in [1.54, 1.807) is 23.6 Å². The minimum Gasteiger partial charge on any atom is -0.394 e. The van der Waals surface area contributed by atoms with Gasteiger partial charge in [0.25, 0.3) is 5.56 Å². The van der Waals surface area contributed by atoms with Gasteiger partial charge in [-0.3, -0.25) is 14.3 Å². The van der Waals surface area contributed by atoms with Gasteiger partial charge >= 0.3 is 0 Å². The Kier molecular flexibility index (Phi) is 4.67. The van der Waals surface area contributed by atoms with Gasteiger partial charge in [0.1, 0.15) is 12.3 Å². The molecule has 3 heterocycles. The summed E-state index contributed by atoms with van der Waals surface area (Å²) in [6, 6.07) is 0. The maximum atomic E-state index is 12.2. The molecule has 3 unspecified atom stereocenters. The van der Waals surface area contributed by atoms with Crippen LogP contribution >= 0.6 is 15.9 Å². The first-order chi connectivity index (χ1) is 11.4. The van der Waals surface area contributed by atoms with E-state index in [0.29, 0.717) is 4.73 Å². The van der Waals surface area contributed by atoms with Crippen molar-refractivity contribution in [3.05, 3.63) is 15.1 Å². The van der Waals surface area contributed by atoms with Crippen LogP contribution in [0.5, 0.6) is 0 Å². The van der Waals surface area contributed by atoms with Crippen molar-refractivity contribution >= 4 is 39.4 Å². The van der Waals surface area contributed by atoms with Crippen LogP contribution in [0.3, 0.4) is 0 Å². The average molecular weight is 401 g/mol. The van der Waals surface area contributed by atoms with Gasteiger partial charge in [0.15, 0.2) is 15.9 Å². The number of aliphatic imine (C=N–C) groups is 1. The van der Waals surface area contributed by atoms with Gasteiger partial charge in [-0.15, -0.1) is 0 Å². The average Bonchev–Trinajstić information content (AvgIpc) is 3.04. The summed E-state index contributed by atoms with van der Waals surface area (Å²) >= 11 is 3.29. The first-order valence-corrected chi connectivity index (χ1v) is 8.02. The van der Waals surface area contributed by atoms with Crippen LogP contribution in [0.1, 0.15) is 12.6 Å². The molecular weight excluding hydrogens is 384 g/mol. The zero-order valence-corrected chi connectivity index (χ0v) is 14.6. The molecule has 130 valence electrons. The number of aliphatic hydroxyl groups excluding tert-OH is 2. The number of rotatable bonds is 4. The highest BCUT2D eigenvalue weighted by molar-refractivity contribution is 9.10. The molecule has 0 bridgehead atoms. The summed E-state index contributed by atoms with van der Waals surface area (Å²) in [7, 11) is 3.59. The lowest BCUT2D eigenvalue weighted by molar-refractivity contribution is -0.0439. The highest BCUT2D eigenvalue weighted by Crippen LogP contribution is 2.33. The van der Waals surface area contributed by atoms with Crippen LogP contribution in [0.15, 0.2) is 14.5 Å². The standard InChI is InChI=1S/C13H17BrN6O4/c1-19(2)5-15-13-17-10-9(11(23)18-13)16-12(14)20(10)8-3-6(22)7(4-21)24-8/h5-8,21-22H,3-4H2,1-2H3,(H,17,18,23)/b15-5+. The molecule has 2 aromatic heterocycles. The van der Waals surface area contributed by atoms with E-state index in [-0.39, 0.29) is 30.1 Å². The minimum absolute atomic E-state index is 0.132. The van der Waals surface area contributed by atoms with Crippen molar-refractivity contribution in [1.82, 2.24) is 24.4 Å². The first-order valence-electron chi connectivity index (χ1n) is 7.23.